The van der Waals surface area contributed by atoms with Gasteiger partial charge in [0.15, 0.2) is 11.5 Å². The number of anilines is 1. The van der Waals surface area contributed by atoms with Crippen LogP contribution in [0.3, 0.4) is 0 Å². The first-order chi connectivity index (χ1) is 13.2. The fourth-order valence-corrected chi connectivity index (χ4v) is 2.79. The van der Waals surface area contributed by atoms with E-state index in [2.05, 4.69) is 48.9 Å². The van der Waals surface area contributed by atoms with Gasteiger partial charge in [-0.15, -0.1) is 6.58 Å². The summed E-state index contributed by atoms with van der Waals surface area (Å²) in [5, 5.41) is 3.13. The third kappa shape index (κ3) is 5.09. The highest BCUT2D eigenvalue weighted by atomic mass is 16.5. The molecule has 5 heteroatoms. The maximum Gasteiger partial charge on any atom is 0.180 e. The number of benzene rings is 1. The molecule has 0 spiro atoms. The second kappa shape index (κ2) is 10.4. The van der Waals surface area contributed by atoms with Crippen LogP contribution in [0.2, 0.25) is 0 Å². The third-order valence-corrected chi connectivity index (χ3v) is 3.95. The number of fused-ring (bicyclic) bond motifs is 1. The summed E-state index contributed by atoms with van der Waals surface area (Å²) < 4.78 is 7.88. The molecule has 0 radical (unpaired) electrons. The molecule has 2 heterocycles. The molecule has 0 aliphatic rings. The van der Waals surface area contributed by atoms with Crippen LogP contribution >= 0.6 is 0 Å². The predicted octanol–water partition coefficient (Wildman–Crippen LogP) is 5.37. The summed E-state index contributed by atoms with van der Waals surface area (Å²) in [6.45, 7) is 10.3. The Kier molecular flexibility index (Phi) is 7.86. The molecule has 2 aromatic heterocycles. The largest absolute Gasteiger partial charge is 0.493 e. The lowest BCUT2D eigenvalue weighted by atomic mass is 10.0. The highest BCUT2D eigenvalue weighted by Crippen LogP contribution is 2.28. The number of ether oxygens (including phenoxy) is 1. The molecule has 0 bridgehead atoms. The van der Waals surface area contributed by atoms with Gasteiger partial charge in [-0.3, -0.25) is 0 Å². The van der Waals surface area contributed by atoms with Crippen molar-refractivity contribution >= 4 is 11.5 Å². The average molecular weight is 367 g/mol. The number of nitrogens with zero attached hydrogens (tertiary/aromatic N) is 3. The van der Waals surface area contributed by atoms with Crippen molar-refractivity contribution in [3.05, 3.63) is 55.0 Å². The molecule has 3 rings (SSSR count). The number of imidazole rings is 1. The maximum atomic E-state index is 5.88. The number of aryl methyl sites for hydroxylation is 1. The molecule has 144 valence electrons. The monoisotopic (exact) mass is 366 g/mol. The number of hydrogen-bond acceptors (Lipinski definition) is 4. The van der Waals surface area contributed by atoms with Gasteiger partial charge < -0.3 is 14.5 Å². The lowest BCUT2D eigenvalue weighted by molar-refractivity contribution is 0.314. The van der Waals surface area contributed by atoms with Crippen LogP contribution in [0, 0.1) is 0 Å². The van der Waals surface area contributed by atoms with E-state index < -0.39 is 0 Å². The molecule has 0 saturated carbocycles. The van der Waals surface area contributed by atoms with E-state index in [4.69, 9.17) is 9.72 Å². The van der Waals surface area contributed by atoms with Crippen molar-refractivity contribution in [2.24, 2.45) is 0 Å². The van der Waals surface area contributed by atoms with Crippen molar-refractivity contribution < 1.29 is 4.74 Å². The van der Waals surface area contributed by atoms with Gasteiger partial charge >= 0.3 is 0 Å². The molecule has 0 atom stereocenters. The van der Waals surface area contributed by atoms with Gasteiger partial charge in [-0.2, -0.15) is 0 Å². The summed E-state index contributed by atoms with van der Waals surface area (Å²) in [7, 11) is 1.87. The molecule has 0 amide bonds. The number of rotatable bonds is 7. The summed E-state index contributed by atoms with van der Waals surface area (Å²) in [5.74, 6) is 1.76. The summed E-state index contributed by atoms with van der Waals surface area (Å²) in [4.78, 5) is 9.06. The highest BCUT2D eigenvalue weighted by Gasteiger charge is 2.11. The van der Waals surface area contributed by atoms with Crippen molar-refractivity contribution in [3.63, 3.8) is 0 Å². The lowest BCUT2D eigenvalue weighted by Gasteiger charge is -2.13. The first-order valence-corrected chi connectivity index (χ1v) is 9.53. The third-order valence-electron chi connectivity index (χ3n) is 3.95. The van der Waals surface area contributed by atoms with Gasteiger partial charge in [0.1, 0.15) is 5.75 Å². The Hall–Kier alpha value is -2.82. The number of hydrogen-bond donors (Lipinski definition) is 1. The molecule has 27 heavy (non-hydrogen) atoms. The average Bonchev–Trinajstić information content (AvgIpc) is 3.16. The Morgan fingerprint density at radius 1 is 1.26 bits per heavy atom. The molecular weight excluding hydrogens is 336 g/mol. The Balaban J connectivity index is 0.000000817. The Morgan fingerprint density at radius 3 is 2.70 bits per heavy atom. The van der Waals surface area contributed by atoms with Crippen molar-refractivity contribution in [1.82, 2.24) is 14.4 Å². The van der Waals surface area contributed by atoms with Crippen LogP contribution in [0.15, 0.2) is 49.4 Å². The molecule has 5 nitrogen and oxygen atoms in total. The summed E-state index contributed by atoms with van der Waals surface area (Å²) in [6, 6.07) is 6.34. The first-order valence-electron chi connectivity index (χ1n) is 9.53. The normalized spacial score (nSPS) is 10.2. The van der Waals surface area contributed by atoms with E-state index in [9.17, 15) is 0 Å². The fourth-order valence-electron chi connectivity index (χ4n) is 2.79. The Bertz CT molecular complexity index is 870. The second-order valence-electron chi connectivity index (χ2n) is 6.21. The van der Waals surface area contributed by atoms with Crippen LogP contribution in [0.5, 0.6) is 5.75 Å². The van der Waals surface area contributed by atoms with Crippen LogP contribution in [0.1, 0.15) is 39.2 Å². The van der Waals surface area contributed by atoms with Gasteiger partial charge in [-0.1, -0.05) is 26.3 Å². The van der Waals surface area contributed by atoms with Gasteiger partial charge in [0, 0.05) is 31.2 Å². The van der Waals surface area contributed by atoms with Gasteiger partial charge in [0.05, 0.1) is 12.3 Å². The second-order valence-corrected chi connectivity index (χ2v) is 6.21. The smallest absolute Gasteiger partial charge is 0.180 e. The zero-order valence-electron chi connectivity index (χ0n) is 16.8. The van der Waals surface area contributed by atoms with Crippen molar-refractivity contribution in [3.8, 4) is 17.0 Å². The molecule has 0 aliphatic carbocycles. The van der Waals surface area contributed by atoms with E-state index in [1.807, 2.05) is 30.8 Å². The maximum absolute atomic E-state index is 5.88. The molecule has 0 unspecified atom stereocenters. The summed E-state index contributed by atoms with van der Waals surface area (Å²) in [6.07, 6.45) is 10.6. The van der Waals surface area contributed by atoms with Crippen molar-refractivity contribution in [2.75, 3.05) is 19.0 Å². The molecule has 0 aliphatic heterocycles. The van der Waals surface area contributed by atoms with E-state index in [1.165, 1.54) is 5.56 Å². The Labute approximate surface area is 162 Å². The van der Waals surface area contributed by atoms with E-state index in [1.54, 1.807) is 12.3 Å². The fraction of sp³-hybridized carbons (Fsp3) is 0.364. The van der Waals surface area contributed by atoms with Gasteiger partial charge in [-0.25, -0.2) is 9.97 Å². The van der Waals surface area contributed by atoms with Crippen LogP contribution < -0.4 is 10.1 Å². The number of nitrogens with one attached hydrogen (secondary N) is 1. The van der Waals surface area contributed by atoms with E-state index in [-0.39, 0.29) is 0 Å². The minimum Gasteiger partial charge on any atom is -0.493 e. The number of allylic oxidation sites excluding steroid dienone is 1. The summed E-state index contributed by atoms with van der Waals surface area (Å²) in [5.41, 5.74) is 4.08. The van der Waals surface area contributed by atoms with Crippen molar-refractivity contribution in [1.29, 1.82) is 0 Å². The topological polar surface area (TPSA) is 51.5 Å². The molecule has 1 aromatic carbocycles. The SMILES string of the molecule is C=CC.CCCOc1ccc(-c2cn3ccnc3c(NC)n2)cc1CCC. The molecule has 0 fully saturated rings. The van der Waals surface area contributed by atoms with Gasteiger partial charge in [-0.05, 0) is 43.5 Å². The molecule has 1 N–H and O–H groups in total. The predicted molar refractivity (Wildman–Crippen MR) is 114 cm³/mol. The van der Waals surface area contributed by atoms with Gasteiger partial charge in [0.2, 0.25) is 0 Å². The zero-order valence-corrected chi connectivity index (χ0v) is 16.8. The van der Waals surface area contributed by atoms with Crippen LogP contribution in [-0.2, 0) is 6.42 Å². The zero-order chi connectivity index (χ0) is 19.6. The molecule has 3 aromatic rings. The van der Waals surface area contributed by atoms with E-state index >= 15 is 0 Å². The van der Waals surface area contributed by atoms with Crippen molar-refractivity contribution in [2.45, 2.75) is 40.0 Å². The lowest BCUT2D eigenvalue weighted by Crippen LogP contribution is -2.01. The van der Waals surface area contributed by atoms with E-state index in [0.717, 1.165) is 54.3 Å². The Morgan fingerprint density at radius 2 is 2.04 bits per heavy atom. The molecule has 0 saturated heterocycles. The highest BCUT2D eigenvalue weighted by molar-refractivity contribution is 5.70. The van der Waals surface area contributed by atoms with E-state index in [0.29, 0.717) is 0 Å². The molecular formula is C22H30N4O. The van der Waals surface area contributed by atoms with Crippen LogP contribution in [-0.4, -0.2) is 28.0 Å². The van der Waals surface area contributed by atoms with Crippen LogP contribution in [0.4, 0.5) is 5.82 Å². The quantitative estimate of drug-likeness (QED) is 0.571. The minimum absolute atomic E-state index is 0.749. The standard InChI is InChI=1S/C19H24N4O.C3H6/c1-4-6-15-12-14(7-8-17(15)24-11-5-2)16-13-23-10-9-21-19(23)18(20-3)22-16;1-3-2/h7-10,12-13H,4-6,11H2,1-3H3,(H,20,22);3H,1H2,2H3. The summed E-state index contributed by atoms with van der Waals surface area (Å²) >= 11 is 0. The van der Waals surface area contributed by atoms with Gasteiger partial charge in [0.25, 0.3) is 0 Å². The minimum atomic E-state index is 0.749. The van der Waals surface area contributed by atoms with Crippen LogP contribution in [0.25, 0.3) is 16.9 Å². The first kappa shape index (κ1) is 20.5. The number of aromatic nitrogens is 3.